The first-order valence-electron chi connectivity index (χ1n) is 5.03. The molecule has 1 N–H and O–H groups in total. The minimum absolute atomic E-state index is 0.00685. The van der Waals surface area contributed by atoms with Crippen molar-refractivity contribution in [2.45, 2.75) is 6.04 Å². The van der Waals surface area contributed by atoms with Gasteiger partial charge in [-0.05, 0) is 0 Å². The second-order valence-electron chi connectivity index (χ2n) is 3.43. The van der Waals surface area contributed by atoms with Crippen molar-refractivity contribution in [2.24, 2.45) is 0 Å². The summed E-state index contributed by atoms with van der Waals surface area (Å²) in [6.45, 7) is 0.110. The number of nitrogens with zero attached hydrogens (tertiary/aromatic N) is 1. The fraction of sp³-hybridized carbons (Fsp3) is 0.154. The Morgan fingerprint density at radius 1 is 0.933 bits per heavy atom. The number of aromatic nitrogens is 1. The molecule has 76 valence electrons. The van der Waals surface area contributed by atoms with E-state index >= 15 is 0 Å². The maximum atomic E-state index is 9.41. The Bertz CT molecular complexity index is 360. The molecule has 0 aliphatic rings. The summed E-state index contributed by atoms with van der Waals surface area (Å²) in [4.78, 5) is 0. The Balaban J connectivity index is 2.34. The van der Waals surface area contributed by atoms with E-state index in [-0.39, 0.29) is 12.6 Å². The van der Waals surface area contributed by atoms with Crippen molar-refractivity contribution < 1.29 is 9.67 Å². The van der Waals surface area contributed by atoms with E-state index in [1.54, 1.807) is 0 Å². The molecular weight excluding hydrogens is 186 g/mol. The van der Waals surface area contributed by atoms with Crippen LogP contribution in [0, 0.1) is 0 Å². The standard InChI is InChI=1S/C13H14NO/c15-11-13(12-7-3-1-4-8-12)14-9-5-2-6-10-14/h1-10,13,15H,11H2/q+1/t13-/m1/s1. The highest BCUT2D eigenvalue weighted by atomic mass is 16.3. The van der Waals surface area contributed by atoms with Crippen LogP contribution in [-0.2, 0) is 0 Å². The van der Waals surface area contributed by atoms with Crippen LogP contribution in [0.2, 0.25) is 0 Å². The number of rotatable bonds is 3. The van der Waals surface area contributed by atoms with Crippen molar-refractivity contribution in [3.05, 3.63) is 66.5 Å². The monoisotopic (exact) mass is 200 g/mol. The second kappa shape index (κ2) is 4.71. The lowest BCUT2D eigenvalue weighted by Crippen LogP contribution is -2.41. The van der Waals surface area contributed by atoms with Crippen LogP contribution in [-0.4, -0.2) is 11.7 Å². The Morgan fingerprint density at radius 2 is 1.53 bits per heavy atom. The molecule has 0 aliphatic heterocycles. The molecule has 0 bridgehead atoms. The van der Waals surface area contributed by atoms with Gasteiger partial charge in [-0.25, -0.2) is 0 Å². The van der Waals surface area contributed by atoms with Gasteiger partial charge in [0.2, 0.25) is 6.04 Å². The van der Waals surface area contributed by atoms with Crippen molar-refractivity contribution in [3.63, 3.8) is 0 Å². The summed E-state index contributed by atoms with van der Waals surface area (Å²) in [6, 6.07) is 15.9. The average Bonchev–Trinajstić information content (AvgIpc) is 2.33. The van der Waals surface area contributed by atoms with Crippen LogP contribution in [0.5, 0.6) is 0 Å². The molecule has 0 saturated heterocycles. The van der Waals surface area contributed by atoms with E-state index in [4.69, 9.17) is 0 Å². The minimum atomic E-state index is 0.00685. The number of hydrogen-bond acceptors (Lipinski definition) is 1. The lowest BCUT2D eigenvalue weighted by molar-refractivity contribution is -0.715. The normalized spacial score (nSPS) is 12.3. The molecule has 2 heteroatoms. The van der Waals surface area contributed by atoms with E-state index in [1.807, 2.05) is 65.5 Å². The minimum Gasteiger partial charge on any atom is -0.389 e. The maximum Gasteiger partial charge on any atom is 0.206 e. The predicted molar refractivity (Wildman–Crippen MR) is 58.3 cm³/mol. The molecule has 0 radical (unpaired) electrons. The van der Waals surface area contributed by atoms with E-state index in [2.05, 4.69) is 0 Å². The summed E-state index contributed by atoms with van der Waals surface area (Å²) < 4.78 is 2.01. The highest BCUT2D eigenvalue weighted by molar-refractivity contribution is 5.17. The summed E-state index contributed by atoms with van der Waals surface area (Å²) in [7, 11) is 0. The van der Waals surface area contributed by atoms with Crippen molar-refractivity contribution in [1.29, 1.82) is 0 Å². The van der Waals surface area contributed by atoms with Gasteiger partial charge in [0.1, 0.15) is 6.61 Å². The second-order valence-corrected chi connectivity index (χ2v) is 3.43. The number of aliphatic hydroxyl groups is 1. The molecule has 1 atom stereocenters. The van der Waals surface area contributed by atoms with Gasteiger partial charge in [0, 0.05) is 17.7 Å². The van der Waals surface area contributed by atoms with Crippen LogP contribution in [0.1, 0.15) is 11.6 Å². The number of aliphatic hydroxyl groups excluding tert-OH is 1. The van der Waals surface area contributed by atoms with Gasteiger partial charge in [-0.3, -0.25) is 0 Å². The number of pyridine rings is 1. The quantitative estimate of drug-likeness (QED) is 0.747. The zero-order chi connectivity index (χ0) is 10.5. The van der Waals surface area contributed by atoms with E-state index < -0.39 is 0 Å². The highest BCUT2D eigenvalue weighted by Crippen LogP contribution is 2.10. The molecule has 0 fully saturated rings. The molecule has 0 unspecified atom stereocenters. The van der Waals surface area contributed by atoms with Gasteiger partial charge < -0.3 is 5.11 Å². The van der Waals surface area contributed by atoms with Gasteiger partial charge >= 0.3 is 0 Å². The third-order valence-corrected chi connectivity index (χ3v) is 2.46. The van der Waals surface area contributed by atoms with Crippen molar-refractivity contribution in [1.82, 2.24) is 0 Å². The van der Waals surface area contributed by atoms with Gasteiger partial charge in [-0.2, -0.15) is 4.57 Å². The van der Waals surface area contributed by atoms with Crippen LogP contribution >= 0.6 is 0 Å². The summed E-state index contributed by atoms with van der Waals surface area (Å²) in [5.74, 6) is 0. The summed E-state index contributed by atoms with van der Waals surface area (Å²) in [5.41, 5.74) is 1.12. The van der Waals surface area contributed by atoms with E-state index in [0.717, 1.165) is 5.56 Å². The summed E-state index contributed by atoms with van der Waals surface area (Å²) in [5, 5.41) is 9.41. The van der Waals surface area contributed by atoms with E-state index in [9.17, 15) is 5.11 Å². The van der Waals surface area contributed by atoms with Crippen LogP contribution in [0.15, 0.2) is 60.9 Å². The Morgan fingerprint density at radius 3 is 2.13 bits per heavy atom. The van der Waals surface area contributed by atoms with Crippen molar-refractivity contribution >= 4 is 0 Å². The SMILES string of the molecule is OC[C@H](c1ccccc1)[n+]1ccccc1. The maximum absolute atomic E-state index is 9.41. The Kier molecular flexibility index (Phi) is 3.10. The fourth-order valence-corrected chi connectivity index (χ4v) is 1.67. The molecule has 0 saturated carbocycles. The van der Waals surface area contributed by atoms with Gasteiger partial charge in [-0.1, -0.05) is 36.4 Å². The molecule has 0 spiro atoms. The molecule has 0 aliphatic carbocycles. The highest BCUT2D eigenvalue weighted by Gasteiger charge is 2.18. The van der Waals surface area contributed by atoms with E-state index in [1.165, 1.54) is 0 Å². The molecular formula is C13H14NO+. The van der Waals surface area contributed by atoms with Crippen LogP contribution in [0.3, 0.4) is 0 Å². The molecule has 15 heavy (non-hydrogen) atoms. The first-order chi connectivity index (χ1) is 7.42. The number of hydrogen-bond donors (Lipinski definition) is 1. The van der Waals surface area contributed by atoms with Crippen molar-refractivity contribution in [3.8, 4) is 0 Å². The lowest BCUT2D eigenvalue weighted by Gasteiger charge is -2.09. The van der Waals surface area contributed by atoms with Crippen molar-refractivity contribution in [2.75, 3.05) is 6.61 Å². The summed E-state index contributed by atoms with van der Waals surface area (Å²) in [6.07, 6.45) is 3.93. The van der Waals surface area contributed by atoms with Crippen LogP contribution in [0.25, 0.3) is 0 Å². The fourth-order valence-electron chi connectivity index (χ4n) is 1.67. The molecule has 0 amide bonds. The average molecular weight is 200 g/mol. The topological polar surface area (TPSA) is 24.1 Å². The molecule has 2 aromatic rings. The molecule has 1 heterocycles. The van der Waals surface area contributed by atoms with Gasteiger partial charge in [0.25, 0.3) is 0 Å². The lowest BCUT2D eigenvalue weighted by atomic mass is 10.1. The zero-order valence-corrected chi connectivity index (χ0v) is 8.45. The molecule has 1 aromatic carbocycles. The number of benzene rings is 1. The molecule has 2 nitrogen and oxygen atoms in total. The summed E-state index contributed by atoms with van der Waals surface area (Å²) >= 11 is 0. The largest absolute Gasteiger partial charge is 0.389 e. The predicted octanol–water partition coefficient (Wildman–Crippen LogP) is 1.56. The molecule has 1 aromatic heterocycles. The van der Waals surface area contributed by atoms with Gasteiger partial charge in [-0.15, -0.1) is 0 Å². The first kappa shape index (κ1) is 9.87. The van der Waals surface area contributed by atoms with Crippen LogP contribution < -0.4 is 4.57 Å². The van der Waals surface area contributed by atoms with Gasteiger partial charge in [0.15, 0.2) is 12.4 Å². The Hall–Kier alpha value is -1.67. The molecule has 2 rings (SSSR count). The Labute approximate surface area is 89.4 Å². The van der Waals surface area contributed by atoms with Crippen LogP contribution in [0.4, 0.5) is 0 Å². The van der Waals surface area contributed by atoms with Gasteiger partial charge in [0.05, 0.1) is 0 Å². The third-order valence-electron chi connectivity index (χ3n) is 2.46. The first-order valence-corrected chi connectivity index (χ1v) is 5.03. The smallest absolute Gasteiger partial charge is 0.206 e. The third kappa shape index (κ3) is 2.22. The zero-order valence-electron chi connectivity index (χ0n) is 8.45. The van der Waals surface area contributed by atoms with E-state index in [0.29, 0.717) is 0 Å².